The van der Waals surface area contributed by atoms with Crippen molar-refractivity contribution < 1.29 is 18.0 Å². The van der Waals surface area contributed by atoms with Crippen LogP contribution in [0.25, 0.3) is 0 Å². The predicted octanol–water partition coefficient (Wildman–Crippen LogP) is 2.72. The number of hydrogen-bond acceptors (Lipinski definition) is 3. The number of hydrogen-bond donors (Lipinski definition) is 0. The van der Waals surface area contributed by atoms with Gasteiger partial charge in [-0.15, -0.1) is 0 Å². The van der Waals surface area contributed by atoms with Crippen molar-refractivity contribution in [2.45, 2.75) is 26.4 Å². The van der Waals surface area contributed by atoms with E-state index in [1.807, 2.05) is 0 Å². The number of aromatic nitrogens is 2. The van der Waals surface area contributed by atoms with Gasteiger partial charge in [-0.2, -0.15) is 13.2 Å². The lowest BCUT2D eigenvalue weighted by atomic mass is 10.0. The van der Waals surface area contributed by atoms with Gasteiger partial charge in [0.2, 0.25) is 5.82 Å². The molecule has 0 aliphatic rings. The van der Waals surface area contributed by atoms with Gasteiger partial charge >= 0.3 is 6.18 Å². The largest absolute Gasteiger partial charge is 0.451 e. The van der Waals surface area contributed by atoms with Gasteiger partial charge in [-0.3, -0.25) is 4.79 Å². The van der Waals surface area contributed by atoms with Crippen LogP contribution in [0, 0.1) is 5.92 Å². The van der Waals surface area contributed by atoms with Gasteiger partial charge < -0.3 is 0 Å². The lowest BCUT2D eigenvalue weighted by Gasteiger charge is -2.08. The van der Waals surface area contributed by atoms with Crippen LogP contribution in [0.4, 0.5) is 13.2 Å². The molecule has 16 heavy (non-hydrogen) atoms. The molecule has 0 amide bonds. The fourth-order valence-corrected chi connectivity index (χ4v) is 1.07. The summed E-state index contributed by atoms with van der Waals surface area (Å²) >= 11 is 0. The molecule has 0 saturated heterocycles. The van der Waals surface area contributed by atoms with E-state index in [1.54, 1.807) is 13.8 Å². The zero-order valence-corrected chi connectivity index (χ0v) is 8.88. The van der Waals surface area contributed by atoms with Gasteiger partial charge in [-0.1, -0.05) is 13.8 Å². The molecule has 1 heterocycles. The monoisotopic (exact) mass is 232 g/mol. The molecular formula is C10H11F3N2O. The number of ketones is 1. The van der Waals surface area contributed by atoms with Crippen molar-refractivity contribution in [2.75, 3.05) is 0 Å². The normalized spacial score (nSPS) is 13.6. The van der Waals surface area contributed by atoms with Crippen LogP contribution in [-0.2, 0) is 6.18 Å². The first-order valence-electron chi connectivity index (χ1n) is 4.80. The molecule has 0 aliphatic heterocycles. The van der Waals surface area contributed by atoms with E-state index >= 15 is 0 Å². The molecule has 88 valence electrons. The van der Waals surface area contributed by atoms with Crippen molar-refractivity contribution in [3.8, 4) is 0 Å². The van der Waals surface area contributed by atoms with Gasteiger partial charge in [0.15, 0.2) is 5.78 Å². The van der Waals surface area contributed by atoms with Gasteiger partial charge in [-0.05, 0) is 12.5 Å². The molecule has 1 unspecified atom stereocenters. The van der Waals surface area contributed by atoms with Crippen LogP contribution in [0.5, 0.6) is 0 Å². The Balaban J connectivity index is 3.04. The summed E-state index contributed by atoms with van der Waals surface area (Å²) < 4.78 is 36.8. The van der Waals surface area contributed by atoms with Crippen molar-refractivity contribution in [2.24, 2.45) is 5.92 Å². The van der Waals surface area contributed by atoms with Crippen LogP contribution in [0.15, 0.2) is 12.3 Å². The number of rotatable bonds is 3. The minimum absolute atomic E-state index is 0.184. The molecule has 0 fully saturated rings. The highest BCUT2D eigenvalue weighted by Gasteiger charge is 2.35. The molecule has 0 radical (unpaired) electrons. The Morgan fingerprint density at radius 2 is 2.12 bits per heavy atom. The topological polar surface area (TPSA) is 42.9 Å². The second-order valence-corrected chi connectivity index (χ2v) is 3.44. The van der Waals surface area contributed by atoms with Gasteiger partial charge in [0.25, 0.3) is 0 Å². The molecule has 6 heteroatoms. The van der Waals surface area contributed by atoms with Crippen molar-refractivity contribution in [3.05, 3.63) is 23.8 Å². The fraction of sp³-hybridized carbons (Fsp3) is 0.500. The summed E-state index contributed by atoms with van der Waals surface area (Å²) in [6, 6.07) is 1.20. The Morgan fingerprint density at radius 1 is 1.50 bits per heavy atom. The zero-order valence-electron chi connectivity index (χ0n) is 8.88. The minimum atomic E-state index is -4.62. The summed E-state index contributed by atoms with van der Waals surface area (Å²) in [6.07, 6.45) is -3.11. The van der Waals surface area contributed by atoms with E-state index < -0.39 is 17.8 Å². The van der Waals surface area contributed by atoms with E-state index in [1.165, 1.54) is 6.07 Å². The van der Waals surface area contributed by atoms with Gasteiger partial charge in [0.05, 0.1) is 0 Å². The molecule has 0 N–H and O–H groups in total. The highest BCUT2D eigenvalue weighted by Crippen LogP contribution is 2.26. The summed E-state index contributed by atoms with van der Waals surface area (Å²) in [4.78, 5) is 17.9. The van der Waals surface area contributed by atoms with Crippen molar-refractivity contribution >= 4 is 5.78 Å². The molecule has 1 rings (SSSR count). The van der Waals surface area contributed by atoms with Crippen molar-refractivity contribution in [3.63, 3.8) is 0 Å². The second-order valence-electron chi connectivity index (χ2n) is 3.44. The molecule has 0 aliphatic carbocycles. The highest BCUT2D eigenvalue weighted by molar-refractivity contribution is 5.95. The van der Waals surface area contributed by atoms with Crippen molar-refractivity contribution in [1.82, 2.24) is 9.97 Å². The quantitative estimate of drug-likeness (QED) is 0.752. The number of Topliss-reactive ketones (excluding diaryl/α,β-unsaturated/α-hetero) is 1. The third-order valence-electron chi connectivity index (χ3n) is 2.22. The first-order valence-corrected chi connectivity index (χ1v) is 4.80. The van der Waals surface area contributed by atoms with E-state index in [2.05, 4.69) is 9.97 Å². The SMILES string of the molecule is CCC(C)C(=O)c1ccnc(C(F)(F)F)n1. The van der Waals surface area contributed by atoms with E-state index in [4.69, 9.17) is 0 Å². The third kappa shape index (κ3) is 2.77. The van der Waals surface area contributed by atoms with Gasteiger partial charge in [-0.25, -0.2) is 9.97 Å². The Kier molecular flexibility index (Phi) is 3.62. The number of carbonyl (C=O) groups is 1. The first kappa shape index (κ1) is 12.6. The number of alkyl halides is 3. The summed E-state index contributed by atoms with van der Waals surface area (Å²) in [6.45, 7) is 3.44. The van der Waals surface area contributed by atoms with Crippen LogP contribution in [0.1, 0.15) is 36.6 Å². The summed E-state index contributed by atoms with van der Waals surface area (Å²) in [5, 5.41) is 0. The van der Waals surface area contributed by atoms with Crippen LogP contribution < -0.4 is 0 Å². The number of carbonyl (C=O) groups excluding carboxylic acids is 1. The molecule has 0 bridgehead atoms. The maximum absolute atomic E-state index is 12.3. The standard InChI is InChI=1S/C10H11F3N2O/c1-3-6(2)8(16)7-4-5-14-9(15-7)10(11,12)13/h4-6H,3H2,1-2H3. The van der Waals surface area contributed by atoms with Crippen LogP contribution in [0.3, 0.4) is 0 Å². The Hall–Kier alpha value is -1.46. The van der Waals surface area contributed by atoms with Gasteiger partial charge in [0.1, 0.15) is 5.69 Å². The van der Waals surface area contributed by atoms with Gasteiger partial charge in [0, 0.05) is 12.1 Å². The predicted molar refractivity (Wildman–Crippen MR) is 50.8 cm³/mol. The summed E-state index contributed by atoms with van der Waals surface area (Å²) in [7, 11) is 0. The van der Waals surface area contributed by atoms with E-state index in [-0.39, 0.29) is 11.6 Å². The molecule has 1 aromatic rings. The molecule has 3 nitrogen and oxygen atoms in total. The molecule has 1 atom stereocenters. The third-order valence-corrected chi connectivity index (χ3v) is 2.22. The van der Waals surface area contributed by atoms with Crippen molar-refractivity contribution in [1.29, 1.82) is 0 Å². The number of nitrogens with zero attached hydrogens (tertiary/aromatic N) is 2. The summed E-state index contributed by atoms with van der Waals surface area (Å²) in [5.74, 6) is -2.01. The zero-order chi connectivity index (χ0) is 12.3. The van der Waals surface area contributed by atoms with Crippen LogP contribution in [0.2, 0.25) is 0 Å². The van der Waals surface area contributed by atoms with E-state index in [0.717, 1.165) is 6.20 Å². The second kappa shape index (κ2) is 4.59. The molecule has 1 aromatic heterocycles. The Labute approximate surface area is 90.7 Å². The fourth-order valence-electron chi connectivity index (χ4n) is 1.07. The van der Waals surface area contributed by atoms with Crippen LogP contribution >= 0.6 is 0 Å². The average molecular weight is 232 g/mol. The lowest BCUT2D eigenvalue weighted by molar-refractivity contribution is -0.145. The summed E-state index contributed by atoms with van der Waals surface area (Å²) in [5.41, 5.74) is -0.184. The molecular weight excluding hydrogens is 221 g/mol. The Bertz CT molecular complexity index is 390. The maximum atomic E-state index is 12.3. The minimum Gasteiger partial charge on any atom is -0.292 e. The van der Waals surface area contributed by atoms with E-state index in [9.17, 15) is 18.0 Å². The Morgan fingerprint density at radius 3 is 2.62 bits per heavy atom. The number of halogens is 3. The molecule has 0 spiro atoms. The van der Waals surface area contributed by atoms with E-state index in [0.29, 0.717) is 6.42 Å². The average Bonchev–Trinajstić information content (AvgIpc) is 2.26. The molecule has 0 saturated carbocycles. The highest BCUT2D eigenvalue weighted by atomic mass is 19.4. The maximum Gasteiger partial charge on any atom is 0.451 e. The molecule has 0 aromatic carbocycles. The van der Waals surface area contributed by atoms with Crippen LogP contribution in [-0.4, -0.2) is 15.8 Å². The lowest BCUT2D eigenvalue weighted by Crippen LogP contribution is -2.17. The first-order chi connectivity index (χ1) is 7.36. The smallest absolute Gasteiger partial charge is 0.292 e.